The van der Waals surface area contributed by atoms with E-state index in [-0.39, 0.29) is 17.5 Å². The number of nitrogens with two attached hydrogens (primary N) is 1. The molecule has 6 heteroatoms. The lowest BCUT2D eigenvalue weighted by Gasteiger charge is -2.00. The zero-order chi connectivity index (χ0) is 15.0. The predicted molar refractivity (Wildman–Crippen MR) is 75.9 cm³/mol. The summed E-state index contributed by atoms with van der Waals surface area (Å²) in [7, 11) is 0. The fraction of sp³-hybridized carbons (Fsp3) is 0.0667. The molecular weight excluding hydrogens is 273 g/mol. The van der Waals surface area contributed by atoms with Gasteiger partial charge in [0, 0.05) is 17.3 Å². The third-order valence-corrected chi connectivity index (χ3v) is 3.11. The van der Waals surface area contributed by atoms with Crippen LogP contribution in [0.15, 0.2) is 40.9 Å². The number of anilines is 1. The molecule has 0 unspecified atom stereocenters. The van der Waals surface area contributed by atoms with Crippen LogP contribution in [0.1, 0.15) is 5.56 Å². The molecule has 0 aliphatic heterocycles. The van der Waals surface area contributed by atoms with Gasteiger partial charge >= 0.3 is 0 Å². The van der Waals surface area contributed by atoms with E-state index in [4.69, 9.17) is 10.3 Å². The Morgan fingerprint density at radius 1 is 1.14 bits per heavy atom. The van der Waals surface area contributed by atoms with E-state index in [1.165, 1.54) is 18.2 Å². The molecule has 0 amide bonds. The van der Waals surface area contributed by atoms with Gasteiger partial charge in [0.25, 0.3) is 5.89 Å². The molecule has 0 radical (unpaired) electrons. The molecule has 0 saturated carbocycles. The Morgan fingerprint density at radius 2 is 1.90 bits per heavy atom. The lowest BCUT2D eigenvalue weighted by molar-refractivity contribution is 0.426. The predicted octanol–water partition coefficient (Wildman–Crippen LogP) is 3.14. The van der Waals surface area contributed by atoms with Gasteiger partial charge in [-0.3, -0.25) is 0 Å². The molecule has 21 heavy (non-hydrogen) atoms. The summed E-state index contributed by atoms with van der Waals surface area (Å²) in [5.74, 6) is 0.141. The average molecular weight is 285 g/mol. The summed E-state index contributed by atoms with van der Waals surface area (Å²) < 4.78 is 18.3. The zero-order valence-electron chi connectivity index (χ0n) is 11.2. The first-order valence-corrected chi connectivity index (χ1v) is 6.23. The molecule has 0 spiro atoms. The molecule has 1 aromatic heterocycles. The van der Waals surface area contributed by atoms with Crippen molar-refractivity contribution in [3.05, 3.63) is 47.8 Å². The van der Waals surface area contributed by atoms with Gasteiger partial charge in [-0.05, 0) is 42.8 Å². The lowest BCUT2D eigenvalue weighted by Crippen LogP contribution is -1.88. The molecule has 0 saturated heterocycles. The molecule has 1 heterocycles. The van der Waals surface area contributed by atoms with Crippen molar-refractivity contribution >= 4 is 5.69 Å². The zero-order valence-corrected chi connectivity index (χ0v) is 11.2. The largest absolute Gasteiger partial charge is 0.507 e. The number of benzene rings is 2. The molecule has 3 aromatic rings. The second-order valence-electron chi connectivity index (χ2n) is 4.66. The topological polar surface area (TPSA) is 85.2 Å². The molecule has 0 aliphatic carbocycles. The number of rotatable bonds is 2. The third kappa shape index (κ3) is 2.43. The van der Waals surface area contributed by atoms with Crippen LogP contribution in [0, 0.1) is 12.7 Å². The molecule has 3 rings (SSSR count). The van der Waals surface area contributed by atoms with E-state index in [2.05, 4.69) is 10.1 Å². The van der Waals surface area contributed by atoms with Gasteiger partial charge < -0.3 is 15.4 Å². The fourth-order valence-electron chi connectivity index (χ4n) is 2.05. The fourth-order valence-corrected chi connectivity index (χ4v) is 2.05. The number of aromatic nitrogens is 2. The van der Waals surface area contributed by atoms with Crippen molar-refractivity contribution in [2.45, 2.75) is 6.92 Å². The van der Waals surface area contributed by atoms with Crippen molar-refractivity contribution in [2.75, 3.05) is 5.73 Å². The highest BCUT2D eigenvalue weighted by Crippen LogP contribution is 2.31. The number of aryl methyl sites for hydroxylation is 1. The SMILES string of the molecule is Cc1cc(F)ccc1-c1noc(-c2ccc(N)cc2O)n1. The van der Waals surface area contributed by atoms with Crippen LogP contribution in [-0.2, 0) is 0 Å². The Kier molecular flexibility index (Phi) is 3.06. The van der Waals surface area contributed by atoms with E-state index in [9.17, 15) is 9.50 Å². The maximum Gasteiger partial charge on any atom is 0.262 e. The minimum Gasteiger partial charge on any atom is -0.507 e. The van der Waals surface area contributed by atoms with Gasteiger partial charge in [-0.15, -0.1) is 0 Å². The minimum absolute atomic E-state index is 0.0407. The van der Waals surface area contributed by atoms with Crippen LogP contribution in [-0.4, -0.2) is 15.2 Å². The van der Waals surface area contributed by atoms with Crippen LogP contribution in [0.25, 0.3) is 22.8 Å². The Hall–Kier alpha value is -2.89. The summed E-state index contributed by atoms with van der Waals surface area (Å²) in [6, 6.07) is 8.94. The average Bonchev–Trinajstić information content (AvgIpc) is 2.87. The van der Waals surface area contributed by atoms with Crippen molar-refractivity contribution in [2.24, 2.45) is 0 Å². The second-order valence-corrected chi connectivity index (χ2v) is 4.66. The molecular formula is C15H12FN3O2. The van der Waals surface area contributed by atoms with Crippen LogP contribution >= 0.6 is 0 Å². The van der Waals surface area contributed by atoms with Crippen molar-refractivity contribution in [1.82, 2.24) is 10.1 Å². The number of halogens is 1. The van der Waals surface area contributed by atoms with Crippen LogP contribution in [0.2, 0.25) is 0 Å². The van der Waals surface area contributed by atoms with E-state index >= 15 is 0 Å². The summed E-state index contributed by atoms with van der Waals surface area (Å²) >= 11 is 0. The van der Waals surface area contributed by atoms with Gasteiger partial charge in [-0.25, -0.2) is 4.39 Å². The van der Waals surface area contributed by atoms with Gasteiger partial charge in [0.05, 0.1) is 5.56 Å². The number of hydrogen-bond acceptors (Lipinski definition) is 5. The second kappa shape index (κ2) is 4.90. The van der Waals surface area contributed by atoms with Gasteiger partial charge in [0.15, 0.2) is 0 Å². The molecule has 3 N–H and O–H groups in total. The molecule has 0 bridgehead atoms. The van der Waals surface area contributed by atoms with Crippen LogP contribution in [0.5, 0.6) is 5.75 Å². The smallest absolute Gasteiger partial charge is 0.262 e. The molecule has 0 aliphatic rings. The highest BCUT2D eigenvalue weighted by Gasteiger charge is 2.15. The first-order valence-electron chi connectivity index (χ1n) is 6.23. The number of hydrogen-bond donors (Lipinski definition) is 2. The number of aromatic hydroxyl groups is 1. The number of phenols is 1. The molecule has 5 nitrogen and oxygen atoms in total. The summed E-state index contributed by atoms with van der Waals surface area (Å²) in [6.07, 6.45) is 0. The van der Waals surface area contributed by atoms with Crippen molar-refractivity contribution in [3.8, 4) is 28.6 Å². The minimum atomic E-state index is -0.323. The van der Waals surface area contributed by atoms with E-state index < -0.39 is 0 Å². The van der Waals surface area contributed by atoms with Crippen LogP contribution < -0.4 is 5.73 Å². The summed E-state index contributed by atoms with van der Waals surface area (Å²) in [5.41, 5.74) is 7.77. The van der Waals surface area contributed by atoms with Crippen LogP contribution in [0.3, 0.4) is 0 Å². The maximum atomic E-state index is 13.1. The van der Waals surface area contributed by atoms with Crippen LogP contribution in [0.4, 0.5) is 10.1 Å². The molecule has 0 fully saturated rings. The molecule has 2 aromatic carbocycles. The number of nitrogens with zero attached hydrogens (tertiary/aromatic N) is 2. The van der Waals surface area contributed by atoms with Crippen molar-refractivity contribution in [1.29, 1.82) is 0 Å². The molecule has 0 atom stereocenters. The first kappa shape index (κ1) is 13.1. The molecule has 106 valence electrons. The summed E-state index contributed by atoms with van der Waals surface area (Å²) in [5, 5.41) is 13.7. The van der Waals surface area contributed by atoms with E-state index in [1.54, 1.807) is 25.1 Å². The van der Waals surface area contributed by atoms with Crippen molar-refractivity contribution < 1.29 is 14.0 Å². The Bertz CT molecular complexity index is 748. The summed E-state index contributed by atoms with van der Waals surface area (Å²) in [4.78, 5) is 4.23. The Labute approximate surface area is 119 Å². The first-order chi connectivity index (χ1) is 10.0. The highest BCUT2D eigenvalue weighted by atomic mass is 19.1. The van der Waals surface area contributed by atoms with Gasteiger partial charge in [-0.2, -0.15) is 4.98 Å². The number of nitrogen functional groups attached to an aromatic ring is 1. The normalized spacial score (nSPS) is 10.8. The Morgan fingerprint density at radius 3 is 2.62 bits per heavy atom. The maximum absolute atomic E-state index is 13.1. The standard InChI is InChI=1S/C15H12FN3O2/c1-8-6-9(16)2-4-11(8)14-18-15(21-19-14)12-5-3-10(17)7-13(12)20/h2-7,20H,17H2,1H3. The highest BCUT2D eigenvalue weighted by molar-refractivity contribution is 5.68. The summed E-state index contributed by atoms with van der Waals surface area (Å²) in [6.45, 7) is 1.76. The van der Waals surface area contributed by atoms with E-state index in [0.717, 1.165) is 0 Å². The lowest BCUT2D eigenvalue weighted by atomic mass is 10.1. The van der Waals surface area contributed by atoms with Crippen molar-refractivity contribution in [3.63, 3.8) is 0 Å². The van der Waals surface area contributed by atoms with Gasteiger partial charge in [0.2, 0.25) is 5.82 Å². The van der Waals surface area contributed by atoms with E-state index in [1.807, 2.05) is 0 Å². The van der Waals surface area contributed by atoms with E-state index in [0.29, 0.717) is 28.2 Å². The Balaban J connectivity index is 2.03. The van der Waals surface area contributed by atoms with Gasteiger partial charge in [-0.1, -0.05) is 5.16 Å². The van der Waals surface area contributed by atoms with Gasteiger partial charge in [0.1, 0.15) is 11.6 Å². The quantitative estimate of drug-likeness (QED) is 0.706. The third-order valence-electron chi connectivity index (χ3n) is 3.11. The monoisotopic (exact) mass is 285 g/mol. The number of phenolic OH excluding ortho intramolecular Hbond substituents is 1.